The molecule has 100 valence electrons. The summed E-state index contributed by atoms with van der Waals surface area (Å²) < 4.78 is 4.98. The number of rotatable bonds is 9. The molecule has 0 amide bonds. The maximum atomic E-state index is 11.4. The lowest BCUT2D eigenvalue weighted by atomic mass is 10.1. The van der Waals surface area contributed by atoms with E-state index < -0.39 is 24.1 Å². The molecule has 5 nitrogen and oxygen atoms in total. The lowest BCUT2D eigenvalue weighted by Crippen LogP contribution is -2.23. The predicted molar refractivity (Wildman–Crippen MR) is 62.6 cm³/mol. The van der Waals surface area contributed by atoms with E-state index in [2.05, 4.69) is 0 Å². The van der Waals surface area contributed by atoms with Crippen LogP contribution in [0.1, 0.15) is 52.4 Å². The Balaban J connectivity index is 3.93. The Morgan fingerprint density at radius 3 is 2.35 bits per heavy atom. The number of aliphatic carboxylic acids is 1. The maximum Gasteiger partial charge on any atom is 0.308 e. The van der Waals surface area contributed by atoms with E-state index in [1.165, 1.54) is 0 Å². The van der Waals surface area contributed by atoms with Crippen molar-refractivity contribution in [3.63, 3.8) is 0 Å². The minimum Gasteiger partial charge on any atom is -0.481 e. The number of aliphatic hydroxyl groups excluding tert-OH is 1. The molecule has 0 rings (SSSR count). The highest BCUT2D eigenvalue weighted by Gasteiger charge is 2.18. The molecule has 0 aromatic carbocycles. The molecular weight excluding hydrogens is 224 g/mol. The summed E-state index contributed by atoms with van der Waals surface area (Å²) in [6.07, 6.45) is 1.32. The lowest BCUT2D eigenvalue weighted by molar-refractivity contribution is -0.154. The number of carbonyl (C=O) groups excluding carboxylic acids is 1. The molecule has 0 aromatic heterocycles. The third-order valence-corrected chi connectivity index (χ3v) is 2.45. The average Bonchev–Trinajstić information content (AvgIpc) is 2.24. The number of unbranched alkanes of at least 4 members (excludes halogenated alkanes) is 1. The molecule has 17 heavy (non-hydrogen) atoms. The van der Waals surface area contributed by atoms with E-state index >= 15 is 0 Å². The zero-order valence-corrected chi connectivity index (χ0v) is 10.5. The third-order valence-electron chi connectivity index (χ3n) is 2.45. The van der Waals surface area contributed by atoms with Crippen LogP contribution in [0, 0.1) is 0 Å². The number of hydrogen-bond donors (Lipinski definition) is 2. The van der Waals surface area contributed by atoms with Crippen LogP contribution in [0.5, 0.6) is 0 Å². The molecule has 0 aliphatic rings. The quantitative estimate of drug-likeness (QED) is 0.605. The molecule has 0 radical (unpaired) electrons. The largest absolute Gasteiger partial charge is 0.481 e. The molecule has 5 heteroatoms. The predicted octanol–water partition coefficient (Wildman–Crippen LogP) is 1.72. The summed E-state index contributed by atoms with van der Waals surface area (Å²) >= 11 is 0. The van der Waals surface area contributed by atoms with Crippen LogP contribution in [0.4, 0.5) is 0 Å². The van der Waals surface area contributed by atoms with Gasteiger partial charge in [0.25, 0.3) is 0 Å². The third kappa shape index (κ3) is 8.68. The zero-order valence-electron chi connectivity index (χ0n) is 10.5. The van der Waals surface area contributed by atoms with Crippen LogP contribution >= 0.6 is 0 Å². The number of aliphatic hydroxyl groups is 1. The van der Waals surface area contributed by atoms with Gasteiger partial charge in [0.05, 0.1) is 18.9 Å². The second-order valence-corrected chi connectivity index (χ2v) is 4.12. The number of hydrogen-bond acceptors (Lipinski definition) is 4. The average molecular weight is 246 g/mol. The first-order chi connectivity index (χ1) is 7.99. The molecule has 0 aliphatic heterocycles. The Bertz CT molecular complexity index is 239. The fourth-order valence-electron chi connectivity index (χ4n) is 1.43. The Hall–Kier alpha value is -1.10. The topological polar surface area (TPSA) is 83.8 Å². The molecule has 0 spiro atoms. The molecule has 0 heterocycles. The molecular formula is C12H22O5. The maximum absolute atomic E-state index is 11.4. The Morgan fingerprint density at radius 2 is 1.88 bits per heavy atom. The van der Waals surface area contributed by atoms with Crippen molar-refractivity contribution in [2.75, 3.05) is 0 Å². The van der Waals surface area contributed by atoms with Crippen LogP contribution in [0.25, 0.3) is 0 Å². The van der Waals surface area contributed by atoms with Gasteiger partial charge in [0.2, 0.25) is 0 Å². The summed E-state index contributed by atoms with van der Waals surface area (Å²) in [6, 6.07) is 0. The zero-order chi connectivity index (χ0) is 13.3. The van der Waals surface area contributed by atoms with E-state index in [0.717, 1.165) is 12.8 Å². The Morgan fingerprint density at radius 1 is 1.24 bits per heavy atom. The van der Waals surface area contributed by atoms with Crippen molar-refractivity contribution >= 4 is 11.9 Å². The van der Waals surface area contributed by atoms with Gasteiger partial charge < -0.3 is 14.9 Å². The van der Waals surface area contributed by atoms with Crippen LogP contribution in [0.3, 0.4) is 0 Å². The summed E-state index contributed by atoms with van der Waals surface area (Å²) in [5, 5.41) is 18.1. The molecule has 0 aliphatic carbocycles. The fraction of sp³-hybridized carbons (Fsp3) is 0.833. The molecule has 0 aromatic rings. The first kappa shape index (κ1) is 15.9. The van der Waals surface area contributed by atoms with Gasteiger partial charge >= 0.3 is 11.9 Å². The van der Waals surface area contributed by atoms with Crippen LogP contribution in [0.15, 0.2) is 0 Å². The van der Waals surface area contributed by atoms with Crippen molar-refractivity contribution in [2.24, 2.45) is 0 Å². The number of ether oxygens (including phenoxy) is 1. The SMILES string of the molecule is CCCCC(O)CC(=O)OC(CC)CC(=O)O. The van der Waals surface area contributed by atoms with Crippen LogP contribution in [-0.2, 0) is 14.3 Å². The van der Waals surface area contributed by atoms with E-state index in [1.807, 2.05) is 6.92 Å². The highest BCUT2D eigenvalue weighted by molar-refractivity contribution is 5.71. The monoisotopic (exact) mass is 246 g/mol. The van der Waals surface area contributed by atoms with E-state index in [-0.39, 0.29) is 12.8 Å². The van der Waals surface area contributed by atoms with Crippen molar-refractivity contribution in [3.8, 4) is 0 Å². The summed E-state index contributed by atoms with van der Waals surface area (Å²) in [4.78, 5) is 21.9. The smallest absolute Gasteiger partial charge is 0.308 e. The van der Waals surface area contributed by atoms with E-state index in [0.29, 0.717) is 12.8 Å². The van der Waals surface area contributed by atoms with Crippen LogP contribution in [0.2, 0.25) is 0 Å². The van der Waals surface area contributed by atoms with Gasteiger partial charge in [-0.15, -0.1) is 0 Å². The molecule has 0 saturated heterocycles. The van der Waals surface area contributed by atoms with Crippen molar-refractivity contribution in [1.29, 1.82) is 0 Å². The van der Waals surface area contributed by atoms with Crippen LogP contribution in [-0.4, -0.2) is 34.4 Å². The standard InChI is InChI=1S/C12H22O5/c1-3-5-6-9(13)7-12(16)17-10(4-2)8-11(14)15/h9-10,13H,3-8H2,1-2H3,(H,14,15). The van der Waals surface area contributed by atoms with E-state index in [1.54, 1.807) is 6.92 Å². The van der Waals surface area contributed by atoms with Gasteiger partial charge in [0.1, 0.15) is 6.10 Å². The highest BCUT2D eigenvalue weighted by Crippen LogP contribution is 2.09. The number of carbonyl (C=O) groups is 2. The molecule has 0 bridgehead atoms. The van der Waals surface area contributed by atoms with Crippen molar-refractivity contribution in [1.82, 2.24) is 0 Å². The summed E-state index contributed by atoms with van der Waals surface area (Å²) in [6.45, 7) is 3.76. The first-order valence-electron chi connectivity index (χ1n) is 6.08. The van der Waals surface area contributed by atoms with Gasteiger partial charge in [-0.3, -0.25) is 9.59 Å². The van der Waals surface area contributed by atoms with E-state index in [4.69, 9.17) is 9.84 Å². The minimum atomic E-state index is -0.990. The number of esters is 1. The van der Waals surface area contributed by atoms with Crippen molar-refractivity contribution < 1.29 is 24.5 Å². The number of carboxylic acids is 1. The number of carboxylic acid groups (broad SMARTS) is 1. The Kier molecular flexibility index (Phi) is 8.40. The molecule has 0 fully saturated rings. The lowest BCUT2D eigenvalue weighted by Gasteiger charge is -2.15. The van der Waals surface area contributed by atoms with Gasteiger partial charge in [-0.05, 0) is 12.8 Å². The van der Waals surface area contributed by atoms with Gasteiger partial charge in [-0.2, -0.15) is 0 Å². The molecule has 2 N–H and O–H groups in total. The van der Waals surface area contributed by atoms with Gasteiger partial charge in [-0.1, -0.05) is 26.7 Å². The van der Waals surface area contributed by atoms with E-state index in [9.17, 15) is 14.7 Å². The molecule has 2 unspecified atom stereocenters. The molecule has 2 atom stereocenters. The van der Waals surface area contributed by atoms with Crippen molar-refractivity contribution in [3.05, 3.63) is 0 Å². The summed E-state index contributed by atoms with van der Waals surface area (Å²) in [7, 11) is 0. The second kappa shape index (κ2) is 8.98. The van der Waals surface area contributed by atoms with Gasteiger partial charge in [-0.25, -0.2) is 0 Å². The normalized spacial score (nSPS) is 14.1. The highest BCUT2D eigenvalue weighted by atomic mass is 16.5. The van der Waals surface area contributed by atoms with Crippen molar-refractivity contribution in [2.45, 2.75) is 64.6 Å². The van der Waals surface area contributed by atoms with Gasteiger partial charge in [0.15, 0.2) is 0 Å². The molecule has 0 saturated carbocycles. The Labute approximate surface area is 102 Å². The first-order valence-corrected chi connectivity index (χ1v) is 6.08. The summed E-state index contributed by atoms with van der Waals surface area (Å²) in [5.41, 5.74) is 0. The van der Waals surface area contributed by atoms with Gasteiger partial charge in [0, 0.05) is 0 Å². The fourth-order valence-corrected chi connectivity index (χ4v) is 1.43. The summed E-state index contributed by atoms with van der Waals surface area (Å²) in [5.74, 6) is -1.52. The van der Waals surface area contributed by atoms with Crippen LogP contribution < -0.4 is 0 Å². The second-order valence-electron chi connectivity index (χ2n) is 4.12. The minimum absolute atomic E-state index is 0.0594.